The summed E-state index contributed by atoms with van der Waals surface area (Å²) in [5, 5.41) is 0. The summed E-state index contributed by atoms with van der Waals surface area (Å²) in [4.78, 5) is 7.08. The van der Waals surface area contributed by atoms with Gasteiger partial charge in [0, 0.05) is 25.7 Å². The van der Waals surface area contributed by atoms with Gasteiger partial charge in [-0.1, -0.05) is 12.5 Å². The summed E-state index contributed by atoms with van der Waals surface area (Å²) in [7, 11) is 0. The molecular weight excluding hydrogens is 184 g/mol. The fourth-order valence-corrected chi connectivity index (χ4v) is 1.88. The number of nitrogens with zero attached hydrogens (tertiary/aromatic N) is 2. The topological polar surface area (TPSA) is 15.6 Å². The number of rotatable bonds is 3. The second-order valence-electron chi connectivity index (χ2n) is 4.55. The van der Waals surface area contributed by atoms with Crippen LogP contribution in [0.2, 0.25) is 0 Å². The van der Waals surface area contributed by atoms with Gasteiger partial charge in [0.05, 0.1) is 0 Å². The number of aliphatic imine (C=N–C) groups is 1. The molecule has 1 rings (SSSR count). The molecule has 0 aromatic carbocycles. The number of hydrogen-bond donors (Lipinski definition) is 0. The van der Waals surface area contributed by atoms with Crippen molar-refractivity contribution in [1.29, 1.82) is 0 Å². The Balaban J connectivity index is 2.62. The SMILES string of the molecule is CCCC(=NC=C(C)C)N1CCCCC1. The average molecular weight is 208 g/mol. The summed E-state index contributed by atoms with van der Waals surface area (Å²) in [6.07, 6.45) is 8.35. The van der Waals surface area contributed by atoms with Gasteiger partial charge in [0.25, 0.3) is 0 Å². The summed E-state index contributed by atoms with van der Waals surface area (Å²) >= 11 is 0. The Morgan fingerprint density at radius 3 is 2.40 bits per heavy atom. The van der Waals surface area contributed by atoms with Gasteiger partial charge in [-0.3, -0.25) is 0 Å². The summed E-state index contributed by atoms with van der Waals surface area (Å²) in [6, 6.07) is 0. The van der Waals surface area contributed by atoms with E-state index in [4.69, 9.17) is 0 Å². The fourth-order valence-electron chi connectivity index (χ4n) is 1.88. The Bertz CT molecular complexity index is 231. The Kier molecular flexibility index (Phi) is 5.44. The van der Waals surface area contributed by atoms with Gasteiger partial charge >= 0.3 is 0 Å². The summed E-state index contributed by atoms with van der Waals surface area (Å²) < 4.78 is 0. The van der Waals surface area contributed by atoms with Gasteiger partial charge in [0.2, 0.25) is 0 Å². The molecule has 1 aliphatic heterocycles. The van der Waals surface area contributed by atoms with E-state index in [1.807, 2.05) is 6.20 Å². The Labute approximate surface area is 94.1 Å². The minimum absolute atomic E-state index is 1.11. The molecule has 0 atom stereocenters. The van der Waals surface area contributed by atoms with Crippen LogP contribution in [0.5, 0.6) is 0 Å². The smallest absolute Gasteiger partial charge is 0.104 e. The zero-order chi connectivity index (χ0) is 11.1. The molecule has 15 heavy (non-hydrogen) atoms. The molecule has 0 unspecified atom stereocenters. The highest BCUT2D eigenvalue weighted by molar-refractivity contribution is 5.82. The molecule has 0 saturated carbocycles. The Morgan fingerprint density at radius 1 is 1.20 bits per heavy atom. The quantitative estimate of drug-likeness (QED) is 0.511. The minimum Gasteiger partial charge on any atom is -0.360 e. The third-order valence-electron chi connectivity index (χ3n) is 2.67. The molecule has 0 aromatic rings. The van der Waals surface area contributed by atoms with Gasteiger partial charge in [0.15, 0.2) is 0 Å². The lowest BCUT2D eigenvalue weighted by atomic mass is 10.1. The van der Waals surface area contributed by atoms with Gasteiger partial charge < -0.3 is 4.90 Å². The van der Waals surface area contributed by atoms with E-state index in [1.54, 1.807) is 0 Å². The van der Waals surface area contributed by atoms with Crippen LogP contribution in [0.1, 0.15) is 52.9 Å². The highest BCUT2D eigenvalue weighted by Crippen LogP contribution is 2.12. The molecule has 1 aliphatic rings. The molecule has 0 amide bonds. The van der Waals surface area contributed by atoms with Crippen molar-refractivity contribution >= 4 is 5.84 Å². The van der Waals surface area contributed by atoms with Crippen LogP contribution in [-0.2, 0) is 0 Å². The third kappa shape index (κ3) is 4.50. The van der Waals surface area contributed by atoms with E-state index < -0.39 is 0 Å². The van der Waals surface area contributed by atoms with Crippen LogP contribution in [0.25, 0.3) is 0 Å². The number of piperidine rings is 1. The van der Waals surface area contributed by atoms with E-state index >= 15 is 0 Å². The molecule has 0 bridgehead atoms. The number of amidine groups is 1. The molecule has 0 N–H and O–H groups in total. The predicted molar refractivity (Wildman–Crippen MR) is 67.2 cm³/mol. The first-order chi connectivity index (χ1) is 7.24. The van der Waals surface area contributed by atoms with Crippen molar-refractivity contribution in [2.45, 2.75) is 52.9 Å². The Morgan fingerprint density at radius 2 is 1.87 bits per heavy atom. The molecule has 1 saturated heterocycles. The van der Waals surface area contributed by atoms with Crippen molar-refractivity contribution in [2.24, 2.45) is 4.99 Å². The highest BCUT2D eigenvalue weighted by Gasteiger charge is 2.13. The van der Waals surface area contributed by atoms with Crippen LogP contribution in [0, 0.1) is 0 Å². The lowest BCUT2D eigenvalue weighted by molar-refractivity contribution is 0.336. The fraction of sp³-hybridized carbons (Fsp3) is 0.769. The van der Waals surface area contributed by atoms with E-state index in [1.165, 1.54) is 50.2 Å². The van der Waals surface area contributed by atoms with Crippen molar-refractivity contribution in [3.63, 3.8) is 0 Å². The summed E-state index contributed by atoms with van der Waals surface area (Å²) in [5.41, 5.74) is 1.28. The zero-order valence-electron chi connectivity index (χ0n) is 10.4. The maximum atomic E-state index is 4.62. The zero-order valence-corrected chi connectivity index (χ0v) is 10.4. The lowest BCUT2D eigenvalue weighted by Gasteiger charge is -2.29. The van der Waals surface area contributed by atoms with Gasteiger partial charge in [-0.25, -0.2) is 4.99 Å². The summed E-state index contributed by atoms with van der Waals surface area (Å²) in [6.45, 7) is 8.83. The molecule has 2 heteroatoms. The third-order valence-corrected chi connectivity index (χ3v) is 2.67. The largest absolute Gasteiger partial charge is 0.360 e. The van der Waals surface area contributed by atoms with Crippen LogP contribution in [0.15, 0.2) is 16.8 Å². The van der Waals surface area contributed by atoms with E-state index in [9.17, 15) is 0 Å². The second kappa shape index (κ2) is 6.65. The standard InChI is InChI=1S/C13H24N2/c1-4-8-13(14-11-12(2)3)15-9-6-5-7-10-15/h11H,4-10H2,1-3H3. The molecule has 1 heterocycles. The van der Waals surface area contributed by atoms with E-state index in [-0.39, 0.29) is 0 Å². The van der Waals surface area contributed by atoms with Crippen molar-refractivity contribution in [3.05, 3.63) is 11.8 Å². The normalized spacial score (nSPS) is 17.8. The second-order valence-corrected chi connectivity index (χ2v) is 4.55. The first-order valence-electron chi connectivity index (χ1n) is 6.19. The maximum absolute atomic E-state index is 4.62. The average Bonchev–Trinajstić information content (AvgIpc) is 2.25. The lowest BCUT2D eigenvalue weighted by Crippen LogP contribution is -2.35. The van der Waals surface area contributed by atoms with Crippen LogP contribution in [0.3, 0.4) is 0 Å². The molecule has 0 spiro atoms. The van der Waals surface area contributed by atoms with Crippen molar-refractivity contribution < 1.29 is 0 Å². The molecular formula is C13H24N2. The van der Waals surface area contributed by atoms with E-state index in [2.05, 4.69) is 30.7 Å². The minimum atomic E-state index is 1.11. The predicted octanol–water partition coefficient (Wildman–Crippen LogP) is 3.59. The highest BCUT2D eigenvalue weighted by atomic mass is 15.2. The van der Waals surface area contributed by atoms with Crippen molar-refractivity contribution in [2.75, 3.05) is 13.1 Å². The van der Waals surface area contributed by atoms with Gasteiger partial charge in [0.1, 0.15) is 5.84 Å². The molecule has 0 aromatic heterocycles. The van der Waals surface area contributed by atoms with Crippen LogP contribution >= 0.6 is 0 Å². The van der Waals surface area contributed by atoms with Gasteiger partial charge in [-0.15, -0.1) is 0 Å². The maximum Gasteiger partial charge on any atom is 0.104 e. The molecule has 0 radical (unpaired) electrons. The van der Waals surface area contributed by atoms with Crippen molar-refractivity contribution in [1.82, 2.24) is 4.90 Å². The first kappa shape index (κ1) is 12.3. The number of allylic oxidation sites excluding steroid dienone is 1. The van der Waals surface area contributed by atoms with E-state index in [0.717, 1.165) is 6.42 Å². The van der Waals surface area contributed by atoms with Crippen LogP contribution < -0.4 is 0 Å². The molecule has 0 aliphatic carbocycles. The van der Waals surface area contributed by atoms with E-state index in [0.29, 0.717) is 0 Å². The molecule has 86 valence electrons. The molecule has 1 fully saturated rings. The van der Waals surface area contributed by atoms with Crippen LogP contribution in [-0.4, -0.2) is 23.8 Å². The number of likely N-dealkylation sites (tertiary alicyclic amines) is 1. The Hall–Kier alpha value is -0.790. The van der Waals surface area contributed by atoms with Crippen molar-refractivity contribution in [3.8, 4) is 0 Å². The first-order valence-corrected chi connectivity index (χ1v) is 6.19. The molecule has 2 nitrogen and oxygen atoms in total. The number of hydrogen-bond acceptors (Lipinski definition) is 1. The van der Waals surface area contributed by atoms with Gasteiger partial charge in [-0.2, -0.15) is 0 Å². The van der Waals surface area contributed by atoms with Crippen LogP contribution in [0.4, 0.5) is 0 Å². The summed E-state index contributed by atoms with van der Waals surface area (Å²) in [5.74, 6) is 1.29. The van der Waals surface area contributed by atoms with Gasteiger partial charge in [-0.05, 0) is 39.5 Å². The monoisotopic (exact) mass is 208 g/mol.